The molecule has 0 aromatic heterocycles. The van der Waals surface area contributed by atoms with Crippen LogP contribution in [0.15, 0.2) is 0 Å². The lowest BCUT2D eigenvalue weighted by Crippen LogP contribution is -2.47. The normalized spacial score (nSPS) is 20.9. The van der Waals surface area contributed by atoms with Crippen LogP contribution in [0.25, 0.3) is 0 Å². The molecule has 0 rings (SSSR count). The molecule has 0 radical (unpaired) electrons. The summed E-state index contributed by atoms with van der Waals surface area (Å²) in [6.07, 6.45) is -9.68. The van der Waals surface area contributed by atoms with E-state index in [2.05, 4.69) is 0 Å². The number of hydrogen-bond acceptors (Lipinski definition) is 7. The molecule has 0 spiro atoms. The number of aliphatic hydroxyl groups is 6. The number of hydrogen-bond donors (Lipinski definition) is 7. The average Bonchev–Trinajstić information content (AvgIpc) is 2.25. The van der Waals surface area contributed by atoms with Crippen molar-refractivity contribution in [3.05, 3.63) is 0 Å². The minimum Gasteiger partial charge on any atom is -0.479 e. The van der Waals surface area contributed by atoms with E-state index in [0.29, 0.717) is 0 Å². The Bertz CT molecular complexity index is 220. The van der Waals surface area contributed by atoms with Crippen molar-refractivity contribution in [1.29, 1.82) is 0 Å². The molecule has 16 heavy (non-hydrogen) atoms. The summed E-state index contributed by atoms with van der Waals surface area (Å²) < 4.78 is 0. The van der Waals surface area contributed by atoms with Crippen molar-refractivity contribution < 1.29 is 40.5 Å². The van der Waals surface area contributed by atoms with Crippen molar-refractivity contribution in [2.24, 2.45) is 0 Å². The van der Waals surface area contributed by atoms with Crippen LogP contribution < -0.4 is 0 Å². The summed E-state index contributed by atoms with van der Waals surface area (Å²) in [5.41, 5.74) is 0. The lowest BCUT2D eigenvalue weighted by Gasteiger charge is -2.26. The first-order valence-corrected chi connectivity index (χ1v) is 4.55. The van der Waals surface area contributed by atoms with E-state index in [4.69, 9.17) is 25.5 Å². The van der Waals surface area contributed by atoms with Crippen LogP contribution in [0.3, 0.4) is 0 Å². The molecule has 96 valence electrons. The van der Waals surface area contributed by atoms with Crippen LogP contribution in [0, 0.1) is 0 Å². The minimum atomic E-state index is -1.89. The first-order valence-electron chi connectivity index (χ1n) is 4.55. The zero-order valence-corrected chi connectivity index (χ0v) is 8.34. The topological polar surface area (TPSA) is 159 Å². The number of carbonyl (C=O) groups is 1. The maximum Gasteiger partial charge on any atom is 0.332 e. The SMILES string of the molecule is O=C(O)[C@H](O)C[C@@H](O)[C@@H](O)[C@H](O)[C@H](O)CO. The first-order chi connectivity index (χ1) is 7.31. The van der Waals surface area contributed by atoms with E-state index in [0.717, 1.165) is 0 Å². The number of carboxylic acids is 1. The summed E-state index contributed by atoms with van der Waals surface area (Å²) in [6, 6.07) is 0. The van der Waals surface area contributed by atoms with Crippen LogP contribution in [-0.2, 0) is 4.79 Å². The van der Waals surface area contributed by atoms with Crippen molar-refractivity contribution in [3.63, 3.8) is 0 Å². The van der Waals surface area contributed by atoms with Gasteiger partial charge in [0.25, 0.3) is 0 Å². The molecule has 0 unspecified atom stereocenters. The summed E-state index contributed by atoms with van der Waals surface area (Å²) >= 11 is 0. The second kappa shape index (κ2) is 6.74. The fourth-order valence-corrected chi connectivity index (χ4v) is 1.03. The molecule has 0 aromatic rings. The highest BCUT2D eigenvalue weighted by atomic mass is 16.4. The third kappa shape index (κ3) is 4.39. The molecule has 0 saturated carbocycles. The summed E-state index contributed by atoms with van der Waals surface area (Å²) in [6.45, 7) is -0.827. The Kier molecular flexibility index (Phi) is 6.41. The molecule has 0 saturated heterocycles. The summed E-state index contributed by atoms with van der Waals surface area (Å²) in [4.78, 5) is 10.2. The number of rotatable bonds is 7. The van der Waals surface area contributed by atoms with Gasteiger partial charge in [0.1, 0.15) is 18.3 Å². The van der Waals surface area contributed by atoms with E-state index >= 15 is 0 Å². The van der Waals surface area contributed by atoms with Gasteiger partial charge in [0.15, 0.2) is 6.10 Å². The largest absolute Gasteiger partial charge is 0.479 e. The van der Waals surface area contributed by atoms with Crippen molar-refractivity contribution in [3.8, 4) is 0 Å². The molecule has 5 atom stereocenters. The molecule has 0 aliphatic rings. The van der Waals surface area contributed by atoms with Gasteiger partial charge in [0, 0.05) is 6.42 Å². The Morgan fingerprint density at radius 1 is 0.938 bits per heavy atom. The third-order valence-corrected chi connectivity index (χ3v) is 2.08. The van der Waals surface area contributed by atoms with Crippen molar-refractivity contribution in [2.75, 3.05) is 6.61 Å². The van der Waals surface area contributed by atoms with E-state index in [1.54, 1.807) is 0 Å². The fourth-order valence-electron chi connectivity index (χ4n) is 1.03. The van der Waals surface area contributed by atoms with E-state index in [1.165, 1.54) is 0 Å². The van der Waals surface area contributed by atoms with Crippen molar-refractivity contribution >= 4 is 5.97 Å². The van der Waals surface area contributed by atoms with Crippen LogP contribution in [-0.4, -0.2) is 78.8 Å². The van der Waals surface area contributed by atoms with E-state index in [-0.39, 0.29) is 0 Å². The summed E-state index contributed by atoms with van der Waals surface area (Å²) in [5, 5.41) is 62.2. The van der Waals surface area contributed by atoms with E-state index in [1.807, 2.05) is 0 Å². The highest BCUT2D eigenvalue weighted by molar-refractivity contribution is 5.71. The Morgan fingerprint density at radius 3 is 1.75 bits per heavy atom. The van der Waals surface area contributed by atoms with Crippen LogP contribution in [0.2, 0.25) is 0 Å². The molecule has 0 aliphatic carbocycles. The van der Waals surface area contributed by atoms with Gasteiger partial charge in [-0.1, -0.05) is 0 Å². The Morgan fingerprint density at radius 2 is 1.38 bits per heavy atom. The molecule has 0 fully saturated rings. The third-order valence-electron chi connectivity index (χ3n) is 2.08. The fraction of sp³-hybridized carbons (Fsp3) is 0.875. The second-order valence-electron chi connectivity index (χ2n) is 3.39. The zero-order chi connectivity index (χ0) is 12.9. The Hall–Kier alpha value is -0.770. The average molecular weight is 240 g/mol. The smallest absolute Gasteiger partial charge is 0.332 e. The van der Waals surface area contributed by atoms with Gasteiger partial charge in [-0.2, -0.15) is 0 Å². The van der Waals surface area contributed by atoms with Crippen molar-refractivity contribution in [1.82, 2.24) is 0 Å². The van der Waals surface area contributed by atoms with Gasteiger partial charge in [0.2, 0.25) is 0 Å². The molecular weight excluding hydrogens is 224 g/mol. The standard InChI is InChI=1S/C8H16O8/c9-2-5(12)7(14)6(13)3(10)1-4(11)8(15)16/h3-7,9-14H,1-2H2,(H,15,16)/t3-,4-,5-,6-,7-/m1/s1. The van der Waals surface area contributed by atoms with Crippen LogP contribution in [0.4, 0.5) is 0 Å². The number of aliphatic hydroxyl groups excluding tert-OH is 6. The summed E-state index contributed by atoms with van der Waals surface area (Å²) in [7, 11) is 0. The van der Waals surface area contributed by atoms with Crippen LogP contribution >= 0.6 is 0 Å². The zero-order valence-electron chi connectivity index (χ0n) is 8.34. The van der Waals surface area contributed by atoms with E-state index in [9.17, 15) is 15.0 Å². The first kappa shape index (κ1) is 15.2. The van der Waals surface area contributed by atoms with Gasteiger partial charge in [-0.15, -0.1) is 0 Å². The predicted molar refractivity (Wildman–Crippen MR) is 49.4 cm³/mol. The molecule has 0 bridgehead atoms. The molecule has 0 aromatic carbocycles. The molecule has 0 aliphatic heterocycles. The summed E-state index contributed by atoms with van der Waals surface area (Å²) in [5.74, 6) is -1.58. The van der Waals surface area contributed by atoms with Gasteiger partial charge >= 0.3 is 5.97 Å². The van der Waals surface area contributed by atoms with Gasteiger partial charge < -0.3 is 35.7 Å². The Balaban J connectivity index is 4.27. The molecule has 7 N–H and O–H groups in total. The maximum atomic E-state index is 10.2. The lowest BCUT2D eigenvalue weighted by molar-refractivity contribution is -0.152. The van der Waals surface area contributed by atoms with Gasteiger partial charge in [-0.05, 0) is 0 Å². The van der Waals surface area contributed by atoms with Crippen molar-refractivity contribution in [2.45, 2.75) is 36.9 Å². The van der Waals surface area contributed by atoms with Crippen LogP contribution in [0.5, 0.6) is 0 Å². The van der Waals surface area contributed by atoms with Crippen LogP contribution in [0.1, 0.15) is 6.42 Å². The maximum absolute atomic E-state index is 10.2. The molecule has 8 nitrogen and oxygen atoms in total. The highest BCUT2D eigenvalue weighted by Crippen LogP contribution is 2.10. The van der Waals surface area contributed by atoms with E-state index < -0.39 is 49.5 Å². The Labute approximate surface area is 91.0 Å². The molecule has 8 heteroatoms. The minimum absolute atomic E-state index is 0.703. The van der Waals surface area contributed by atoms with Gasteiger partial charge in [-0.3, -0.25) is 0 Å². The molecule has 0 amide bonds. The predicted octanol–water partition coefficient (Wildman–Crippen LogP) is -3.74. The monoisotopic (exact) mass is 240 g/mol. The van der Waals surface area contributed by atoms with Gasteiger partial charge in [-0.25, -0.2) is 4.79 Å². The quantitative estimate of drug-likeness (QED) is 0.239. The van der Waals surface area contributed by atoms with Gasteiger partial charge in [0.05, 0.1) is 12.7 Å². The molecule has 0 heterocycles. The second-order valence-corrected chi connectivity index (χ2v) is 3.39. The lowest BCUT2D eigenvalue weighted by atomic mass is 9.99. The number of aliphatic carboxylic acids is 1. The molecular formula is C8H16O8. The highest BCUT2D eigenvalue weighted by Gasteiger charge is 2.32. The number of carboxylic acid groups (broad SMARTS) is 1.